The molecular formula is C19H17ClFNO3S. The van der Waals surface area contributed by atoms with E-state index in [4.69, 9.17) is 16.3 Å². The number of anilines is 1. The number of carbonyl (C=O) groups is 2. The fraction of sp³-hybridized carbons (Fsp3) is 0.158. The third-order valence-electron chi connectivity index (χ3n) is 3.38. The van der Waals surface area contributed by atoms with Crippen LogP contribution in [0.5, 0.6) is 0 Å². The van der Waals surface area contributed by atoms with Gasteiger partial charge < -0.3 is 10.1 Å². The molecule has 136 valence electrons. The third-order valence-corrected chi connectivity index (χ3v) is 4.44. The highest BCUT2D eigenvalue weighted by molar-refractivity contribution is 7.98. The summed E-state index contributed by atoms with van der Waals surface area (Å²) in [4.78, 5) is 25.0. The second kappa shape index (κ2) is 9.40. The van der Waals surface area contributed by atoms with Crippen molar-refractivity contribution >= 4 is 47.0 Å². The van der Waals surface area contributed by atoms with Crippen LogP contribution < -0.4 is 5.32 Å². The second-order valence-corrected chi connectivity index (χ2v) is 6.59. The summed E-state index contributed by atoms with van der Waals surface area (Å²) in [6.45, 7) is 1.44. The molecule has 0 aliphatic rings. The van der Waals surface area contributed by atoms with Gasteiger partial charge in [-0.05, 0) is 55.2 Å². The lowest BCUT2D eigenvalue weighted by Gasteiger charge is -2.13. The molecule has 0 radical (unpaired) electrons. The summed E-state index contributed by atoms with van der Waals surface area (Å²) in [7, 11) is 0. The van der Waals surface area contributed by atoms with Crippen molar-refractivity contribution in [1.29, 1.82) is 0 Å². The molecule has 0 unspecified atom stereocenters. The number of carbonyl (C=O) groups excluding carboxylic acids is 2. The van der Waals surface area contributed by atoms with Crippen LogP contribution >= 0.6 is 23.4 Å². The van der Waals surface area contributed by atoms with Gasteiger partial charge in [0, 0.05) is 11.0 Å². The van der Waals surface area contributed by atoms with Crippen LogP contribution in [0, 0.1) is 5.82 Å². The molecule has 7 heteroatoms. The topological polar surface area (TPSA) is 55.4 Å². The Balaban J connectivity index is 1.90. The minimum Gasteiger partial charge on any atom is -0.449 e. The van der Waals surface area contributed by atoms with Crippen LogP contribution in [0.2, 0.25) is 5.02 Å². The average molecular weight is 394 g/mol. The van der Waals surface area contributed by atoms with Gasteiger partial charge in [-0.15, -0.1) is 11.8 Å². The maximum atomic E-state index is 13.0. The molecular weight excluding hydrogens is 377 g/mol. The highest BCUT2D eigenvalue weighted by atomic mass is 35.5. The number of amides is 1. The number of ether oxygens (including phenoxy) is 1. The Labute approximate surface area is 160 Å². The molecule has 0 spiro atoms. The number of halogens is 2. The fourth-order valence-corrected chi connectivity index (χ4v) is 2.59. The predicted molar refractivity (Wildman–Crippen MR) is 103 cm³/mol. The van der Waals surface area contributed by atoms with E-state index in [1.807, 2.05) is 30.5 Å². The monoisotopic (exact) mass is 393 g/mol. The van der Waals surface area contributed by atoms with Gasteiger partial charge in [-0.25, -0.2) is 9.18 Å². The average Bonchev–Trinajstić information content (AvgIpc) is 2.62. The maximum Gasteiger partial charge on any atom is 0.331 e. The van der Waals surface area contributed by atoms with Crippen LogP contribution in [-0.4, -0.2) is 24.2 Å². The van der Waals surface area contributed by atoms with Crippen molar-refractivity contribution < 1.29 is 18.7 Å². The summed E-state index contributed by atoms with van der Waals surface area (Å²) in [5.41, 5.74) is 1.08. The minimum absolute atomic E-state index is 0.0606. The summed E-state index contributed by atoms with van der Waals surface area (Å²) >= 11 is 7.47. The van der Waals surface area contributed by atoms with Crippen LogP contribution in [-0.2, 0) is 14.3 Å². The van der Waals surface area contributed by atoms with E-state index < -0.39 is 23.8 Å². The molecule has 1 N–H and O–H groups in total. The van der Waals surface area contributed by atoms with Crippen molar-refractivity contribution in [1.82, 2.24) is 0 Å². The van der Waals surface area contributed by atoms with Gasteiger partial charge in [0.05, 0.1) is 10.7 Å². The minimum atomic E-state index is -1.04. The molecule has 0 aliphatic heterocycles. The number of hydrogen-bond acceptors (Lipinski definition) is 4. The molecule has 1 amide bonds. The van der Waals surface area contributed by atoms with Crippen LogP contribution in [0.15, 0.2) is 53.4 Å². The molecule has 0 fully saturated rings. The zero-order valence-corrected chi connectivity index (χ0v) is 15.7. The molecule has 0 bridgehead atoms. The third kappa shape index (κ3) is 5.89. The second-order valence-electron chi connectivity index (χ2n) is 5.30. The quantitative estimate of drug-likeness (QED) is 0.435. The van der Waals surface area contributed by atoms with Crippen LogP contribution in [0.25, 0.3) is 6.08 Å². The Bertz CT molecular complexity index is 824. The SMILES string of the molecule is CSc1ccc(/C=C/C(=O)O[C@H](C)C(=O)Nc2ccc(F)cc2Cl)cc1. The van der Waals surface area contributed by atoms with E-state index in [0.717, 1.165) is 16.5 Å². The normalized spacial score (nSPS) is 12.0. The molecule has 26 heavy (non-hydrogen) atoms. The van der Waals surface area contributed by atoms with Crippen molar-refractivity contribution in [3.63, 3.8) is 0 Å². The number of rotatable bonds is 6. The first kappa shape index (κ1) is 20.0. The van der Waals surface area contributed by atoms with Gasteiger partial charge in [-0.1, -0.05) is 23.7 Å². The lowest BCUT2D eigenvalue weighted by atomic mass is 10.2. The summed E-state index contributed by atoms with van der Waals surface area (Å²) < 4.78 is 18.1. The van der Waals surface area contributed by atoms with Crippen molar-refractivity contribution in [3.05, 3.63) is 64.9 Å². The van der Waals surface area contributed by atoms with Crippen molar-refractivity contribution in [2.24, 2.45) is 0 Å². The standard InChI is InChI=1S/C19H17ClFNO3S/c1-12(19(24)22-17-9-6-14(21)11-16(17)20)25-18(23)10-5-13-3-7-15(26-2)8-4-13/h3-12H,1-2H3,(H,22,24)/b10-5+/t12-/m1/s1. The molecule has 2 aromatic rings. The Morgan fingerprint density at radius 2 is 1.92 bits per heavy atom. The van der Waals surface area contributed by atoms with Crippen LogP contribution in [0.4, 0.5) is 10.1 Å². The van der Waals surface area contributed by atoms with Gasteiger partial charge in [-0.3, -0.25) is 4.79 Å². The first-order chi connectivity index (χ1) is 12.4. The number of esters is 1. The van der Waals surface area contributed by atoms with Crippen molar-refractivity contribution in [2.75, 3.05) is 11.6 Å². The highest BCUT2D eigenvalue weighted by Crippen LogP contribution is 2.22. The van der Waals surface area contributed by atoms with E-state index in [1.54, 1.807) is 17.8 Å². The van der Waals surface area contributed by atoms with Gasteiger partial charge in [0.25, 0.3) is 5.91 Å². The zero-order valence-electron chi connectivity index (χ0n) is 14.2. The molecule has 0 saturated carbocycles. The lowest BCUT2D eigenvalue weighted by molar-refractivity contribution is -0.148. The van der Waals surface area contributed by atoms with E-state index in [1.165, 1.54) is 25.1 Å². The summed E-state index contributed by atoms with van der Waals surface area (Å²) in [6.07, 6.45) is 3.80. The number of benzene rings is 2. The van der Waals surface area contributed by atoms with E-state index in [0.29, 0.717) is 0 Å². The van der Waals surface area contributed by atoms with Crippen LogP contribution in [0.3, 0.4) is 0 Å². The molecule has 0 saturated heterocycles. The fourth-order valence-electron chi connectivity index (χ4n) is 1.97. The smallest absolute Gasteiger partial charge is 0.331 e. The zero-order chi connectivity index (χ0) is 19.1. The van der Waals surface area contributed by atoms with Gasteiger partial charge in [-0.2, -0.15) is 0 Å². The van der Waals surface area contributed by atoms with Gasteiger partial charge >= 0.3 is 5.97 Å². The van der Waals surface area contributed by atoms with Crippen molar-refractivity contribution in [3.8, 4) is 0 Å². The largest absolute Gasteiger partial charge is 0.449 e. The molecule has 0 heterocycles. The molecule has 1 atom stereocenters. The number of thioether (sulfide) groups is 1. The maximum absolute atomic E-state index is 13.0. The van der Waals surface area contributed by atoms with E-state index in [9.17, 15) is 14.0 Å². The van der Waals surface area contributed by atoms with Gasteiger partial charge in [0.1, 0.15) is 5.82 Å². The van der Waals surface area contributed by atoms with Gasteiger partial charge in [0.2, 0.25) is 0 Å². The molecule has 4 nitrogen and oxygen atoms in total. The molecule has 2 aromatic carbocycles. The van der Waals surface area contributed by atoms with E-state index in [-0.39, 0.29) is 10.7 Å². The van der Waals surface area contributed by atoms with Gasteiger partial charge in [0.15, 0.2) is 6.10 Å². The molecule has 0 aromatic heterocycles. The van der Waals surface area contributed by atoms with Crippen molar-refractivity contribution in [2.45, 2.75) is 17.9 Å². The Hall–Kier alpha value is -2.31. The lowest BCUT2D eigenvalue weighted by Crippen LogP contribution is -2.29. The first-order valence-electron chi connectivity index (χ1n) is 7.67. The predicted octanol–water partition coefficient (Wildman–Crippen LogP) is 4.78. The Kier molecular flexibility index (Phi) is 7.24. The van der Waals surface area contributed by atoms with E-state index >= 15 is 0 Å². The Morgan fingerprint density at radius 3 is 2.54 bits per heavy atom. The highest BCUT2D eigenvalue weighted by Gasteiger charge is 2.17. The van der Waals surface area contributed by atoms with Crippen LogP contribution in [0.1, 0.15) is 12.5 Å². The first-order valence-corrected chi connectivity index (χ1v) is 9.28. The summed E-state index contributed by atoms with van der Waals surface area (Å²) in [5, 5.41) is 2.55. The summed E-state index contributed by atoms with van der Waals surface area (Å²) in [6, 6.07) is 11.2. The summed E-state index contributed by atoms with van der Waals surface area (Å²) in [5.74, 6) is -1.72. The number of nitrogens with one attached hydrogen (secondary N) is 1. The Morgan fingerprint density at radius 1 is 1.23 bits per heavy atom. The molecule has 0 aliphatic carbocycles. The number of hydrogen-bond donors (Lipinski definition) is 1. The van der Waals surface area contributed by atoms with E-state index in [2.05, 4.69) is 5.32 Å². The molecule has 2 rings (SSSR count).